The van der Waals surface area contributed by atoms with Crippen molar-refractivity contribution in [2.24, 2.45) is 0 Å². The maximum atomic E-state index is 10.8. The molecule has 0 aliphatic rings. The molecule has 16 heavy (non-hydrogen) atoms. The van der Waals surface area contributed by atoms with Crippen LogP contribution in [0.25, 0.3) is 0 Å². The molecule has 6 heteroatoms. The first-order chi connectivity index (χ1) is 7.52. The van der Waals surface area contributed by atoms with Crippen LogP contribution in [0.5, 0.6) is 0 Å². The molecule has 1 aromatic carbocycles. The number of nitrogens with zero attached hydrogens (tertiary/aromatic N) is 1. The second-order valence-corrected chi connectivity index (χ2v) is 2.81. The van der Waals surface area contributed by atoms with Crippen LogP contribution in [-0.2, 0) is 0 Å². The topological polar surface area (TPSA) is 101 Å². The summed E-state index contributed by atoms with van der Waals surface area (Å²) < 4.78 is 0. The number of ketones is 1. The molecule has 0 spiro atoms. The van der Waals surface area contributed by atoms with Gasteiger partial charge in [0, 0.05) is 17.7 Å². The summed E-state index contributed by atoms with van der Waals surface area (Å²) in [5.41, 5.74) is 0.312. The maximum Gasteiger partial charge on any atom is 0.270 e. The van der Waals surface area contributed by atoms with Crippen LogP contribution in [0, 0.1) is 10.1 Å². The van der Waals surface area contributed by atoms with Crippen LogP contribution in [0.2, 0.25) is 0 Å². The predicted octanol–water partition coefficient (Wildman–Crippen LogP) is 0.768. The number of rotatable bonds is 3. The molecule has 0 bridgehead atoms. The van der Waals surface area contributed by atoms with Crippen molar-refractivity contribution in [2.75, 3.05) is 13.2 Å². The molecule has 0 saturated carbocycles. The SMILES string of the molecule is CC(=O)c1cccc([N+](=O)[O-])c1.OCCO. The van der Waals surface area contributed by atoms with Crippen LogP contribution in [0.4, 0.5) is 5.69 Å². The fourth-order valence-electron chi connectivity index (χ4n) is 0.838. The van der Waals surface area contributed by atoms with E-state index >= 15 is 0 Å². The first kappa shape index (κ1) is 14.2. The molecule has 0 aliphatic carbocycles. The molecule has 0 atom stereocenters. The Balaban J connectivity index is 0.000000487. The van der Waals surface area contributed by atoms with Crippen molar-refractivity contribution in [3.8, 4) is 0 Å². The van der Waals surface area contributed by atoms with Gasteiger partial charge in [-0.2, -0.15) is 0 Å². The van der Waals surface area contributed by atoms with E-state index in [1.165, 1.54) is 25.1 Å². The molecule has 0 radical (unpaired) electrons. The number of carbonyl (C=O) groups is 1. The third kappa shape index (κ3) is 5.18. The molecule has 0 fully saturated rings. The second-order valence-electron chi connectivity index (χ2n) is 2.81. The first-order valence-corrected chi connectivity index (χ1v) is 4.50. The van der Waals surface area contributed by atoms with Crippen molar-refractivity contribution in [2.45, 2.75) is 6.92 Å². The van der Waals surface area contributed by atoms with E-state index in [9.17, 15) is 14.9 Å². The van der Waals surface area contributed by atoms with E-state index < -0.39 is 4.92 Å². The molecule has 88 valence electrons. The molecule has 0 saturated heterocycles. The maximum absolute atomic E-state index is 10.8. The summed E-state index contributed by atoms with van der Waals surface area (Å²) in [4.78, 5) is 20.5. The highest BCUT2D eigenvalue weighted by Gasteiger charge is 2.07. The summed E-state index contributed by atoms with van der Waals surface area (Å²) in [7, 11) is 0. The highest BCUT2D eigenvalue weighted by atomic mass is 16.6. The van der Waals surface area contributed by atoms with Gasteiger partial charge < -0.3 is 10.2 Å². The van der Waals surface area contributed by atoms with Crippen molar-refractivity contribution in [3.63, 3.8) is 0 Å². The van der Waals surface area contributed by atoms with Crippen molar-refractivity contribution < 1.29 is 19.9 Å². The standard InChI is InChI=1S/C8H7NO3.C2H6O2/c1-6(10)7-3-2-4-8(5-7)9(11)12;3-1-2-4/h2-5H,1H3;3-4H,1-2H2. The zero-order valence-electron chi connectivity index (χ0n) is 8.79. The Morgan fingerprint density at radius 2 is 1.94 bits per heavy atom. The molecule has 0 unspecified atom stereocenters. The van der Waals surface area contributed by atoms with Crippen molar-refractivity contribution in [1.29, 1.82) is 0 Å². The zero-order chi connectivity index (χ0) is 12.6. The summed E-state index contributed by atoms with van der Waals surface area (Å²) in [6, 6.07) is 5.67. The van der Waals surface area contributed by atoms with E-state index in [0.29, 0.717) is 5.56 Å². The first-order valence-electron chi connectivity index (χ1n) is 4.50. The van der Waals surface area contributed by atoms with Gasteiger partial charge in [-0.25, -0.2) is 0 Å². The van der Waals surface area contributed by atoms with E-state index in [4.69, 9.17) is 10.2 Å². The Morgan fingerprint density at radius 1 is 1.38 bits per heavy atom. The molecule has 1 aromatic rings. The number of nitro benzene ring substituents is 1. The minimum Gasteiger partial charge on any atom is -0.394 e. The molecule has 0 aromatic heterocycles. The summed E-state index contributed by atoms with van der Waals surface area (Å²) in [5, 5.41) is 25.5. The Morgan fingerprint density at radius 3 is 2.31 bits per heavy atom. The van der Waals surface area contributed by atoms with Gasteiger partial charge in [0.25, 0.3) is 5.69 Å². The lowest BCUT2D eigenvalue weighted by molar-refractivity contribution is -0.384. The predicted molar refractivity (Wildman–Crippen MR) is 57.3 cm³/mol. The van der Waals surface area contributed by atoms with Crippen molar-refractivity contribution in [1.82, 2.24) is 0 Å². The van der Waals surface area contributed by atoms with Crippen LogP contribution < -0.4 is 0 Å². The van der Waals surface area contributed by atoms with Gasteiger partial charge in [-0.15, -0.1) is 0 Å². The van der Waals surface area contributed by atoms with Gasteiger partial charge in [0.1, 0.15) is 0 Å². The highest BCUT2D eigenvalue weighted by Crippen LogP contribution is 2.12. The third-order valence-electron chi connectivity index (χ3n) is 1.56. The van der Waals surface area contributed by atoms with Crippen molar-refractivity contribution >= 4 is 11.5 Å². The number of hydrogen-bond acceptors (Lipinski definition) is 5. The van der Waals surface area contributed by atoms with Crippen molar-refractivity contribution in [3.05, 3.63) is 39.9 Å². The van der Waals surface area contributed by atoms with Crippen LogP contribution in [0.15, 0.2) is 24.3 Å². The minimum atomic E-state index is -0.521. The number of non-ortho nitro benzene ring substituents is 1. The second kappa shape index (κ2) is 7.49. The van der Waals surface area contributed by atoms with Gasteiger partial charge in [0.05, 0.1) is 18.1 Å². The average Bonchev–Trinajstić information content (AvgIpc) is 2.29. The van der Waals surface area contributed by atoms with E-state index in [0.717, 1.165) is 0 Å². The van der Waals surface area contributed by atoms with Gasteiger partial charge in [-0.3, -0.25) is 14.9 Å². The summed E-state index contributed by atoms with van der Waals surface area (Å²) >= 11 is 0. The molecule has 0 amide bonds. The van der Waals surface area contributed by atoms with E-state index in [-0.39, 0.29) is 24.7 Å². The van der Waals surface area contributed by atoms with E-state index in [1.807, 2.05) is 0 Å². The van der Waals surface area contributed by atoms with Gasteiger partial charge in [-0.1, -0.05) is 12.1 Å². The normalized spacial score (nSPS) is 8.94. The summed E-state index contributed by atoms with van der Waals surface area (Å²) in [6.07, 6.45) is 0. The molecule has 6 nitrogen and oxygen atoms in total. The Bertz CT molecular complexity index is 333. The van der Waals surface area contributed by atoms with Gasteiger partial charge >= 0.3 is 0 Å². The molecular formula is C10H13NO5. The lowest BCUT2D eigenvalue weighted by atomic mass is 10.1. The monoisotopic (exact) mass is 227 g/mol. The Hall–Kier alpha value is -1.79. The van der Waals surface area contributed by atoms with Gasteiger partial charge in [0.2, 0.25) is 0 Å². The zero-order valence-corrected chi connectivity index (χ0v) is 8.79. The lowest BCUT2D eigenvalue weighted by Crippen LogP contribution is -1.94. The number of hydrogen-bond donors (Lipinski definition) is 2. The Kier molecular flexibility index (Phi) is 6.66. The molecular weight excluding hydrogens is 214 g/mol. The quantitative estimate of drug-likeness (QED) is 0.451. The number of benzene rings is 1. The van der Waals surface area contributed by atoms with E-state index in [1.54, 1.807) is 6.07 Å². The van der Waals surface area contributed by atoms with Crippen LogP contribution >= 0.6 is 0 Å². The summed E-state index contributed by atoms with van der Waals surface area (Å²) in [6.45, 7) is 1.12. The molecule has 0 heterocycles. The smallest absolute Gasteiger partial charge is 0.270 e. The number of aliphatic hydroxyl groups excluding tert-OH is 2. The average molecular weight is 227 g/mol. The number of nitro groups is 1. The van der Waals surface area contributed by atoms with Gasteiger partial charge in [-0.05, 0) is 6.92 Å². The number of Topliss-reactive ketones (excluding diaryl/α,β-unsaturated/α-hetero) is 1. The van der Waals surface area contributed by atoms with Crippen LogP contribution in [-0.4, -0.2) is 34.1 Å². The highest BCUT2D eigenvalue weighted by molar-refractivity contribution is 5.94. The van der Waals surface area contributed by atoms with Gasteiger partial charge in [0.15, 0.2) is 5.78 Å². The largest absolute Gasteiger partial charge is 0.394 e. The minimum absolute atomic E-state index is 0.0531. The fraction of sp³-hybridized carbons (Fsp3) is 0.300. The number of carbonyl (C=O) groups excluding carboxylic acids is 1. The molecule has 2 N–H and O–H groups in total. The summed E-state index contributed by atoms with van der Waals surface area (Å²) in [5.74, 6) is -0.168. The molecule has 0 aliphatic heterocycles. The fourth-order valence-corrected chi connectivity index (χ4v) is 0.838. The molecule has 1 rings (SSSR count). The van der Waals surface area contributed by atoms with Crippen LogP contribution in [0.3, 0.4) is 0 Å². The third-order valence-corrected chi connectivity index (χ3v) is 1.56. The lowest BCUT2D eigenvalue weighted by Gasteiger charge is -1.93. The number of aliphatic hydroxyl groups is 2. The van der Waals surface area contributed by atoms with E-state index in [2.05, 4.69) is 0 Å². The Labute approximate surface area is 92.3 Å². The van der Waals surface area contributed by atoms with Crippen LogP contribution in [0.1, 0.15) is 17.3 Å².